The van der Waals surface area contributed by atoms with Gasteiger partial charge in [-0.1, -0.05) is 6.07 Å². The highest BCUT2D eigenvalue weighted by molar-refractivity contribution is 6.05. The van der Waals surface area contributed by atoms with E-state index in [-0.39, 0.29) is 11.9 Å². The summed E-state index contributed by atoms with van der Waals surface area (Å²) < 4.78 is 39.4. The fourth-order valence-corrected chi connectivity index (χ4v) is 3.43. The maximum absolute atomic E-state index is 13.1. The van der Waals surface area contributed by atoms with Gasteiger partial charge in [0.05, 0.1) is 0 Å². The number of aromatic nitrogens is 1. The number of amidine groups is 2. The molecule has 10 heteroatoms. The van der Waals surface area contributed by atoms with Crippen LogP contribution in [0.2, 0.25) is 0 Å². The lowest BCUT2D eigenvalue weighted by atomic mass is 10.1. The smallest absolute Gasteiger partial charge is 0.352 e. The summed E-state index contributed by atoms with van der Waals surface area (Å²) in [6, 6.07) is 4.19. The van der Waals surface area contributed by atoms with Crippen molar-refractivity contribution < 1.29 is 13.2 Å². The van der Waals surface area contributed by atoms with E-state index in [1.165, 1.54) is 0 Å². The van der Waals surface area contributed by atoms with E-state index in [0.717, 1.165) is 23.7 Å². The maximum atomic E-state index is 13.1. The molecule has 3 aliphatic rings. The molecule has 1 aromatic heterocycles. The number of halogens is 3. The topological polar surface area (TPSA) is 59.4 Å². The third-order valence-electron chi connectivity index (χ3n) is 4.88. The molecule has 4 rings (SSSR count). The zero-order chi connectivity index (χ0) is 19.0. The van der Waals surface area contributed by atoms with Crippen LogP contribution in [0.5, 0.6) is 0 Å². The number of fused-ring (bicyclic) bond motifs is 1. The van der Waals surface area contributed by atoms with Crippen molar-refractivity contribution in [2.45, 2.75) is 31.9 Å². The highest BCUT2D eigenvalue weighted by Gasteiger charge is 2.49. The highest BCUT2D eigenvalue weighted by Crippen LogP contribution is 2.28. The molecular formula is C17H20F3N7. The largest absolute Gasteiger partial charge is 0.430 e. The summed E-state index contributed by atoms with van der Waals surface area (Å²) in [5.41, 5.74) is 3.25. The first-order valence-electron chi connectivity index (χ1n) is 8.75. The van der Waals surface area contributed by atoms with Crippen LogP contribution in [0.1, 0.15) is 12.5 Å². The lowest BCUT2D eigenvalue weighted by Gasteiger charge is -2.41. The molecule has 0 bridgehead atoms. The molecule has 1 saturated heterocycles. The van der Waals surface area contributed by atoms with Gasteiger partial charge in [-0.15, -0.1) is 0 Å². The van der Waals surface area contributed by atoms with Crippen LogP contribution in [0.15, 0.2) is 46.9 Å². The summed E-state index contributed by atoms with van der Waals surface area (Å²) >= 11 is 0. The Kier molecular flexibility index (Phi) is 4.50. The molecule has 1 unspecified atom stereocenters. The van der Waals surface area contributed by atoms with Crippen LogP contribution in [-0.4, -0.2) is 69.5 Å². The summed E-state index contributed by atoms with van der Waals surface area (Å²) in [6.07, 6.45) is 0.508. The van der Waals surface area contributed by atoms with Gasteiger partial charge in [-0.05, 0) is 30.7 Å². The van der Waals surface area contributed by atoms with Crippen LogP contribution in [0, 0.1) is 0 Å². The predicted octanol–water partition coefficient (Wildman–Crippen LogP) is 1.58. The van der Waals surface area contributed by atoms with Crippen molar-refractivity contribution in [2.24, 2.45) is 10.2 Å². The monoisotopic (exact) mass is 379 g/mol. The van der Waals surface area contributed by atoms with E-state index in [9.17, 15) is 13.2 Å². The second kappa shape index (κ2) is 6.84. The SMILES string of the molecule is C[C@@H]1CN(C2=NN3C(=NNC3C(F)(F)F)C=C2)CCN1Cc1cccnc1. The van der Waals surface area contributed by atoms with Crippen molar-refractivity contribution in [3.05, 3.63) is 42.2 Å². The molecular weight excluding hydrogens is 359 g/mol. The molecule has 1 N–H and O–H groups in total. The minimum Gasteiger partial charge on any atom is -0.352 e. The zero-order valence-electron chi connectivity index (χ0n) is 14.8. The molecule has 0 spiro atoms. The Balaban J connectivity index is 1.43. The molecule has 0 aromatic carbocycles. The summed E-state index contributed by atoms with van der Waals surface area (Å²) in [5.74, 6) is 0.698. The molecule has 1 fully saturated rings. The van der Waals surface area contributed by atoms with E-state index < -0.39 is 12.3 Å². The van der Waals surface area contributed by atoms with Crippen LogP contribution in [0.4, 0.5) is 13.2 Å². The van der Waals surface area contributed by atoms with Gasteiger partial charge in [-0.25, -0.2) is 5.01 Å². The van der Waals surface area contributed by atoms with E-state index in [0.29, 0.717) is 18.9 Å². The number of pyridine rings is 1. The fraction of sp³-hybridized carbons (Fsp3) is 0.471. The lowest BCUT2D eigenvalue weighted by Crippen LogP contribution is -2.54. The second-order valence-electron chi connectivity index (χ2n) is 6.81. The van der Waals surface area contributed by atoms with Gasteiger partial charge in [-0.3, -0.25) is 15.3 Å². The Labute approximate surface area is 154 Å². The van der Waals surface area contributed by atoms with Crippen LogP contribution in [-0.2, 0) is 6.54 Å². The Bertz CT molecular complexity index is 774. The maximum Gasteiger partial charge on any atom is 0.430 e. The summed E-state index contributed by atoms with van der Waals surface area (Å²) in [4.78, 5) is 8.50. The van der Waals surface area contributed by atoms with Crippen LogP contribution < -0.4 is 5.43 Å². The number of hydrazone groups is 2. The number of rotatable bonds is 2. The Morgan fingerprint density at radius 1 is 1.22 bits per heavy atom. The summed E-state index contributed by atoms with van der Waals surface area (Å²) in [7, 11) is 0. The molecule has 27 heavy (non-hydrogen) atoms. The quantitative estimate of drug-likeness (QED) is 0.846. The van der Waals surface area contributed by atoms with E-state index >= 15 is 0 Å². The van der Waals surface area contributed by atoms with Gasteiger partial charge in [0.2, 0.25) is 6.17 Å². The standard InChI is InChI=1S/C17H20F3N7/c1-12-10-26(8-7-25(12)11-13-3-2-6-21-9-13)15-5-4-14-22-23-16(17(18,19)20)27(14)24-15/h2-6,9,12,16,23H,7-8,10-11H2,1H3/t12-,16?/m1/s1. The molecule has 0 radical (unpaired) electrons. The Hall–Kier alpha value is -2.62. The first-order chi connectivity index (χ1) is 12.9. The van der Waals surface area contributed by atoms with Gasteiger partial charge < -0.3 is 4.90 Å². The Morgan fingerprint density at radius 2 is 2.04 bits per heavy atom. The average molecular weight is 379 g/mol. The van der Waals surface area contributed by atoms with Crippen molar-refractivity contribution >= 4 is 11.7 Å². The van der Waals surface area contributed by atoms with Crippen LogP contribution >= 0.6 is 0 Å². The van der Waals surface area contributed by atoms with E-state index in [2.05, 4.69) is 32.4 Å². The minimum absolute atomic E-state index is 0.171. The normalized spacial score (nSPS) is 25.8. The van der Waals surface area contributed by atoms with Gasteiger partial charge in [-0.2, -0.15) is 23.4 Å². The summed E-state index contributed by atoms with van der Waals surface area (Å²) in [6.45, 7) is 5.09. The van der Waals surface area contributed by atoms with Gasteiger partial charge in [0.1, 0.15) is 5.84 Å². The van der Waals surface area contributed by atoms with Crippen molar-refractivity contribution in [1.82, 2.24) is 25.2 Å². The van der Waals surface area contributed by atoms with E-state index in [4.69, 9.17) is 0 Å². The van der Waals surface area contributed by atoms with E-state index in [1.54, 1.807) is 18.3 Å². The molecule has 2 atom stereocenters. The molecule has 0 amide bonds. The molecule has 0 saturated carbocycles. The number of nitrogens with zero attached hydrogens (tertiary/aromatic N) is 6. The molecule has 1 aromatic rings. The second-order valence-corrected chi connectivity index (χ2v) is 6.81. The number of alkyl halides is 3. The zero-order valence-corrected chi connectivity index (χ0v) is 14.8. The fourth-order valence-electron chi connectivity index (χ4n) is 3.43. The predicted molar refractivity (Wildman–Crippen MR) is 94.5 cm³/mol. The third-order valence-corrected chi connectivity index (χ3v) is 4.88. The first-order valence-corrected chi connectivity index (χ1v) is 8.75. The molecule has 7 nitrogen and oxygen atoms in total. The molecule has 4 heterocycles. The van der Waals surface area contributed by atoms with Crippen molar-refractivity contribution in [1.29, 1.82) is 0 Å². The minimum atomic E-state index is -4.46. The van der Waals surface area contributed by atoms with Crippen LogP contribution in [0.3, 0.4) is 0 Å². The van der Waals surface area contributed by atoms with Gasteiger partial charge in [0.25, 0.3) is 0 Å². The average Bonchev–Trinajstić information content (AvgIpc) is 3.08. The van der Waals surface area contributed by atoms with Crippen LogP contribution in [0.25, 0.3) is 0 Å². The van der Waals surface area contributed by atoms with Crippen molar-refractivity contribution in [3.8, 4) is 0 Å². The number of hydrogen-bond donors (Lipinski definition) is 1. The lowest BCUT2D eigenvalue weighted by molar-refractivity contribution is -0.178. The van der Waals surface area contributed by atoms with Gasteiger partial charge in [0.15, 0.2) is 5.84 Å². The summed E-state index contributed by atoms with van der Waals surface area (Å²) in [5, 5.41) is 8.82. The van der Waals surface area contributed by atoms with Gasteiger partial charge in [0, 0.05) is 44.6 Å². The number of hydrogen-bond acceptors (Lipinski definition) is 7. The van der Waals surface area contributed by atoms with E-state index in [1.807, 2.05) is 23.2 Å². The van der Waals surface area contributed by atoms with Crippen molar-refractivity contribution in [3.63, 3.8) is 0 Å². The molecule has 0 aliphatic carbocycles. The van der Waals surface area contributed by atoms with Crippen molar-refractivity contribution in [2.75, 3.05) is 19.6 Å². The number of piperazine rings is 1. The number of nitrogens with one attached hydrogen (secondary N) is 1. The first kappa shape index (κ1) is 17.8. The molecule has 144 valence electrons. The van der Waals surface area contributed by atoms with Gasteiger partial charge >= 0.3 is 6.18 Å². The highest BCUT2D eigenvalue weighted by atomic mass is 19.4. The molecule has 3 aliphatic heterocycles. The Morgan fingerprint density at radius 3 is 2.74 bits per heavy atom. The third kappa shape index (κ3) is 3.61.